The molecule has 160 valence electrons. The fraction of sp³-hybridized carbons (Fsp3) is 0.200. The molecule has 1 aromatic carbocycles. The summed E-state index contributed by atoms with van der Waals surface area (Å²) < 4.78 is 45.8. The smallest absolute Gasteiger partial charge is 0.405 e. The van der Waals surface area contributed by atoms with Gasteiger partial charge in [0.05, 0.1) is 24.6 Å². The van der Waals surface area contributed by atoms with E-state index in [1.54, 1.807) is 54.5 Å². The van der Waals surface area contributed by atoms with Gasteiger partial charge in [0.2, 0.25) is 5.95 Å². The SMILES string of the molecule is COc1ccc(-n2c(=O)c(-c3cnn(C)c3)cc3cnc(NCC(F)(F)F)nc32)cc1. The van der Waals surface area contributed by atoms with E-state index >= 15 is 0 Å². The first kappa shape index (κ1) is 20.4. The van der Waals surface area contributed by atoms with Gasteiger partial charge in [0.25, 0.3) is 5.56 Å². The van der Waals surface area contributed by atoms with Crippen molar-refractivity contribution in [1.82, 2.24) is 24.3 Å². The molecule has 0 saturated heterocycles. The van der Waals surface area contributed by atoms with Gasteiger partial charge in [-0.3, -0.25) is 14.0 Å². The van der Waals surface area contributed by atoms with Gasteiger partial charge in [0.1, 0.15) is 12.3 Å². The minimum Gasteiger partial charge on any atom is -0.497 e. The van der Waals surface area contributed by atoms with Crippen LogP contribution in [0.25, 0.3) is 27.8 Å². The molecule has 0 radical (unpaired) electrons. The van der Waals surface area contributed by atoms with Gasteiger partial charge in [0.15, 0.2) is 5.65 Å². The third-order valence-corrected chi connectivity index (χ3v) is 4.53. The van der Waals surface area contributed by atoms with Gasteiger partial charge < -0.3 is 10.1 Å². The number of nitrogens with zero attached hydrogens (tertiary/aromatic N) is 5. The number of anilines is 1. The van der Waals surface area contributed by atoms with Crippen LogP contribution in [0.15, 0.2) is 53.7 Å². The monoisotopic (exact) mass is 430 g/mol. The standard InChI is InChI=1S/C20H17F3N6O2/c1-28-10-13(9-26-28)16-7-12-8-24-19(25-11-20(21,22)23)27-17(12)29(18(16)30)14-3-5-15(31-2)6-4-14/h3-10H,11H2,1-2H3,(H,24,25,27). The molecule has 3 aromatic heterocycles. The van der Waals surface area contributed by atoms with Crippen molar-refractivity contribution < 1.29 is 17.9 Å². The molecular formula is C20H17F3N6O2. The molecule has 0 amide bonds. The van der Waals surface area contributed by atoms with Crippen LogP contribution in [-0.4, -0.2) is 44.1 Å². The summed E-state index contributed by atoms with van der Waals surface area (Å²) in [6.07, 6.45) is 0.195. The number of fused-ring (bicyclic) bond motifs is 1. The van der Waals surface area contributed by atoms with Gasteiger partial charge in [-0.25, -0.2) is 4.98 Å². The Bertz CT molecular complexity index is 1300. The second kappa shape index (κ2) is 7.74. The lowest BCUT2D eigenvalue weighted by Crippen LogP contribution is -2.24. The summed E-state index contributed by atoms with van der Waals surface area (Å²) in [6.45, 7) is -1.29. The number of methoxy groups -OCH3 is 1. The molecule has 0 aliphatic rings. The molecule has 0 aliphatic heterocycles. The second-order valence-electron chi connectivity index (χ2n) is 6.74. The number of alkyl halides is 3. The zero-order valence-corrected chi connectivity index (χ0v) is 16.5. The minimum absolute atomic E-state index is 0.169. The van der Waals surface area contributed by atoms with Gasteiger partial charge in [-0.15, -0.1) is 0 Å². The van der Waals surface area contributed by atoms with Gasteiger partial charge in [-0.2, -0.15) is 23.3 Å². The normalized spacial score (nSPS) is 11.6. The number of benzene rings is 1. The van der Waals surface area contributed by atoms with E-state index in [-0.39, 0.29) is 11.6 Å². The molecule has 0 spiro atoms. The fourth-order valence-electron chi connectivity index (χ4n) is 3.10. The third-order valence-electron chi connectivity index (χ3n) is 4.53. The molecule has 3 heterocycles. The number of aromatic nitrogens is 5. The largest absolute Gasteiger partial charge is 0.497 e. The molecule has 0 saturated carbocycles. The van der Waals surface area contributed by atoms with Crippen molar-refractivity contribution in [2.45, 2.75) is 6.18 Å². The Balaban J connectivity index is 1.93. The number of halogens is 3. The van der Waals surface area contributed by atoms with E-state index in [4.69, 9.17) is 4.74 Å². The second-order valence-corrected chi connectivity index (χ2v) is 6.74. The van der Waals surface area contributed by atoms with Gasteiger partial charge in [0, 0.05) is 30.4 Å². The summed E-state index contributed by atoms with van der Waals surface area (Å²) >= 11 is 0. The van der Waals surface area contributed by atoms with Crippen LogP contribution in [0.4, 0.5) is 19.1 Å². The molecule has 31 heavy (non-hydrogen) atoms. The van der Waals surface area contributed by atoms with E-state index in [9.17, 15) is 18.0 Å². The first-order valence-electron chi connectivity index (χ1n) is 9.12. The first-order valence-corrected chi connectivity index (χ1v) is 9.12. The van der Waals surface area contributed by atoms with Crippen molar-refractivity contribution in [3.63, 3.8) is 0 Å². The van der Waals surface area contributed by atoms with Crippen LogP contribution < -0.4 is 15.6 Å². The van der Waals surface area contributed by atoms with Crippen LogP contribution in [0.2, 0.25) is 0 Å². The van der Waals surface area contributed by atoms with Gasteiger partial charge in [-0.1, -0.05) is 0 Å². The number of rotatable bonds is 5. The maximum Gasteiger partial charge on any atom is 0.405 e. The van der Waals surface area contributed by atoms with E-state index in [0.717, 1.165) is 0 Å². The number of pyridine rings is 1. The number of nitrogens with one attached hydrogen (secondary N) is 1. The molecule has 0 bridgehead atoms. The van der Waals surface area contributed by atoms with Crippen molar-refractivity contribution >= 4 is 17.0 Å². The number of aryl methyl sites for hydroxylation is 1. The molecule has 4 aromatic rings. The van der Waals surface area contributed by atoms with Gasteiger partial charge in [-0.05, 0) is 30.3 Å². The Labute approximate surface area is 173 Å². The lowest BCUT2D eigenvalue weighted by molar-refractivity contribution is -0.115. The number of hydrogen-bond donors (Lipinski definition) is 1. The predicted molar refractivity (Wildman–Crippen MR) is 108 cm³/mol. The third kappa shape index (κ3) is 4.20. The molecule has 1 N–H and O–H groups in total. The van der Waals surface area contributed by atoms with Crippen molar-refractivity contribution in [1.29, 1.82) is 0 Å². The first-order chi connectivity index (χ1) is 14.7. The number of hydrogen-bond acceptors (Lipinski definition) is 6. The molecule has 0 atom stereocenters. The topological polar surface area (TPSA) is 86.9 Å². The van der Waals surface area contributed by atoms with E-state index in [1.807, 2.05) is 0 Å². The van der Waals surface area contributed by atoms with Gasteiger partial charge >= 0.3 is 6.18 Å². The van der Waals surface area contributed by atoms with E-state index in [2.05, 4.69) is 20.4 Å². The van der Waals surface area contributed by atoms with Crippen LogP contribution in [0, 0.1) is 0 Å². The highest BCUT2D eigenvalue weighted by atomic mass is 19.4. The van der Waals surface area contributed by atoms with Crippen molar-refractivity contribution in [3.8, 4) is 22.6 Å². The van der Waals surface area contributed by atoms with Crippen LogP contribution in [0.5, 0.6) is 5.75 Å². The minimum atomic E-state index is -4.43. The van der Waals surface area contributed by atoms with Crippen LogP contribution >= 0.6 is 0 Å². The summed E-state index contributed by atoms with van der Waals surface area (Å²) in [5, 5.41) is 6.73. The van der Waals surface area contributed by atoms with Crippen LogP contribution in [0.3, 0.4) is 0 Å². The van der Waals surface area contributed by atoms with Crippen molar-refractivity contribution in [2.75, 3.05) is 19.0 Å². The zero-order valence-electron chi connectivity index (χ0n) is 16.5. The maximum atomic E-state index is 13.4. The highest BCUT2D eigenvalue weighted by Gasteiger charge is 2.27. The average molecular weight is 430 g/mol. The van der Waals surface area contributed by atoms with Crippen LogP contribution in [0.1, 0.15) is 0 Å². The summed E-state index contributed by atoms with van der Waals surface area (Å²) in [6, 6.07) is 8.28. The quantitative estimate of drug-likeness (QED) is 0.524. The van der Waals surface area contributed by atoms with Crippen LogP contribution in [-0.2, 0) is 7.05 Å². The lowest BCUT2D eigenvalue weighted by atomic mass is 10.1. The fourth-order valence-corrected chi connectivity index (χ4v) is 3.10. The summed E-state index contributed by atoms with van der Waals surface area (Å²) in [5.74, 6) is 0.354. The molecule has 11 heteroatoms. The highest BCUT2D eigenvalue weighted by molar-refractivity contribution is 5.82. The highest BCUT2D eigenvalue weighted by Crippen LogP contribution is 2.24. The summed E-state index contributed by atoms with van der Waals surface area (Å²) in [5.41, 5.74) is 1.20. The molecule has 8 nitrogen and oxygen atoms in total. The Morgan fingerprint density at radius 2 is 1.90 bits per heavy atom. The van der Waals surface area contributed by atoms with Crippen molar-refractivity contribution in [2.24, 2.45) is 7.05 Å². The van der Waals surface area contributed by atoms with Crippen molar-refractivity contribution in [3.05, 3.63) is 59.3 Å². The molecule has 0 fully saturated rings. The average Bonchev–Trinajstić information content (AvgIpc) is 3.17. The Morgan fingerprint density at radius 1 is 1.16 bits per heavy atom. The lowest BCUT2D eigenvalue weighted by Gasteiger charge is -2.14. The van der Waals surface area contributed by atoms with E-state index in [1.165, 1.54) is 17.9 Å². The summed E-state index contributed by atoms with van der Waals surface area (Å²) in [4.78, 5) is 21.6. The van der Waals surface area contributed by atoms with E-state index < -0.39 is 18.3 Å². The zero-order chi connectivity index (χ0) is 22.2. The molecule has 0 unspecified atom stereocenters. The number of ether oxygens (including phenoxy) is 1. The summed E-state index contributed by atoms with van der Waals surface area (Å²) in [7, 11) is 3.25. The Hall–Kier alpha value is -3.89. The molecular weight excluding hydrogens is 413 g/mol. The Morgan fingerprint density at radius 3 is 2.52 bits per heavy atom. The molecule has 0 aliphatic carbocycles. The maximum absolute atomic E-state index is 13.4. The predicted octanol–water partition coefficient (Wildman–Crippen LogP) is 3.16. The Kier molecular flexibility index (Phi) is 5.09. The molecule has 4 rings (SSSR count). The van der Waals surface area contributed by atoms with E-state index in [0.29, 0.717) is 28.0 Å².